The Morgan fingerprint density at radius 3 is 2.49 bits per heavy atom. The molecule has 0 saturated carbocycles. The van der Waals surface area contributed by atoms with E-state index in [4.69, 9.17) is 5.73 Å². The molecule has 4 heterocycles. The molecule has 3 aliphatic rings. The predicted octanol–water partition coefficient (Wildman–Crippen LogP) is 1.13. The van der Waals surface area contributed by atoms with Crippen LogP contribution in [-0.4, -0.2) is 93.0 Å². The van der Waals surface area contributed by atoms with Crippen LogP contribution in [0.15, 0.2) is 62.6 Å². The van der Waals surface area contributed by atoms with Crippen LogP contribution < -0.4 is 11.1 Å². The molecule has 2 atom stereocenters. The fourth-order valence-electron chi connectivity index (χ4n) is 4.71. The minimum absolute atomic E-state index is 0.00288. The first-order valence-corrected chi connectivity index (χ1v) is 16.5. The van der Waals surface area contributed by atoms with Crippen molar-refractivity contribution in [3.63, 3.8) is 0 Å². The Hall–Kier alpha value is -4.76. The second-order valence-corrected chi connectivity index (χ2v) is 13.9. The summed E-state index contributed by atoms with van der Waals surface area (Å²) in [6.07, 6.45) is -4.23. The number of anilines is 1. The SMILES string of the molecule is Cc1ccc(S(=O)(=O)N2CC/C(=C\C3=C(C(=O)O)N4C(=O)[C@@H](NC(=O)/C(=N\OC(=O)C(F)(F)F)c5csc(N)n5)[C@H]4SC3)C2=O)cc1. The summed E-state index contributed by atoms with van der Waals surface area (Å²) >= 11 is 1.78. The molecule has 0 spiro atoms. The molecule has 4 N–H and O–H groups in total. The summed E-state index contributed by atoms with van der Waals surface area (Å²) in [4.78, 5) is 71.1. The van der Waals surface area contributed by atoms with Gasteiger partial charge in [0.2, 0.25) is 0 Å². The van der Waals surface area contributed by atoms with Crippen LogP contribution in [0, 0.1) is 6.92 Å². The lowest BCUT2D eigenvalue weighted by Gasteiger charge is -2.49. The molecule has 2 fully saturated rings. The van der Waals surface area contributed by atoms with Crippen LogP contribution in [0.2, 0.25) is 0 Å². The quantitative estimate of drug-likeness (QED) is 0.115. The maximum Gasteiger partial charge on any atom is 0.493 e. The van der Waals surface area contributed by atoms with Crippen molar-refractivity contribution in [3.8, 4) is 0 Å². The number of carbonyl (C=O) groups is 5. The van der Waals surface area contributed by atoms with Gasteiger partial charge in [0.15, 0.2) is 10.8 Å². The highest BCUT2D eigenvalue weighted by Crippen LogP contribution is 2.41. The summed E-state index contributed by atoms with van der Waals surface area (Å²) < 4.78 is 64.7. The van der Waals surface area contributed by atoms with Crippen molar-refractivity contribution in [2.45, 2.75) is 35.8 Å². The van der Waals surface area contributed by atoms with Gasteiger partial charge in [-0.1, -0.05) is 22.9 Å². The average molecular weight is 715 g/mol. The Balaban J connectivity index is 1.36. The molecule has 2 aromatic rings. The van der Waals surface area contributed by atoms with Crippen molar-refractivity contribution in [2.24, 2.45) is 5.16 Å². The first-order chi connectivity index (χ1) is 22.0. The van der Waals surface area contributed by atoms with Crippen molar-refractivity contribution in [1.29, 1.82) is 0 Å². The number of β-lactam (4-membered cyclic amide) rings is 1. The highest BCUT2D eigenvalue weighted by Gasteiger charge is 2.54. The van der Waals surface area contributed by atoms with Gasteiger partial charge in [-0.2, -0.15) is 13.2 Å². The molecule has 0 bridgehead atoms. The first kappa shape index (κ1) is 33.6. The average Bonchev–Trinajstić information content (AvgIpc) is 3.60. The van der Waals surface area contributed by atoms with E-state index in [1.807, 2.05) is 0 Å². The van der Waals surface area contributed by atoms with E-state index in [9.17, 15) is 50.7 Å². The zero-order valence-corrected chi connectivity index (χ0v) is 26.1. The topological polar surface area (TPSA) is 219 Å². The minimum Gasteiger partial charge on any atom is -0.477 e. The third-order valence-corrected chi connectivity index (χ3v) is 10.7. The monoisotopic (exact) mass is 714 g/mol. The first-order valence-electron chi connectivity index (χ1n) is 13.1. The van der Waals surface area contributed by atoms with Gasteiger partial charge < -0.3 is 21.0 Å². The lowest BCUT2D eigenvalue weighted by atomic mass is 10.0. The number of halogens is 3. The molecular weight excluding hydrogens is 694 g/mol. The van der Waals surface area contributed by atoms with Crippen LogP contribution in [0.4, 0.5) is 18.3 Å². The van der Waals surface area contributed by atoms with E-state index in [1.54, 1.807) is 19.1 Å². The molecular formula is C26H21F3N6O9S3. The van der Waals surface area contributed by atoms with Gasteiger partial charge in [0.05, 0.1) is 4.90 Å². The van der Waals surface area contributed by atoms with Crippen LogP contribution in [0.3, 0.4) is 0 Å². The number of sulfonamides is 1. The van der Waals surface area contributed by atoms with E-state index in [-0.39, 0.29) is 45.6 Å². The Bertz CT molecular complexity index is 1910. The zero-order chi connectivity index (χ0) is 34.4. The third-order valence-electron chi connectivity index (χ3n) is 6.96. The summed E-state index contributed by atoms with van der Waals surface area (Å²) in [5, 5.41) is 15.2. The van der Waals surface area contributed by atoms with E-state index in [0.29, 0.717) is 4.31 Å². The van der Waals surface area contributed by atoms with Gasteiger partial charge >= 0.3 is 18.1 Å². The van der Waals surface area contributed by atoms with Crippen molar-refractivity contribution >= 4 is 73.6 Å². The van der Waals surface area contributed by atoms with Crippen LogP contribution in [0.25, 0.3) is 0 Å². The molecule has 1 aromatic carbocycles. The maximum atomic E-state index is 13.1. The van der Waals surface area contributed by atoms with Gasteiger partial charge in [-0.25, -0.2) is 27.3 Å². The molecule has 3 amide bonds. The van der Waals surface area contributed by atoms with E-state index >= 15 is 0 Å². The number of hydrogen-bond donors (Lipinski definition) is 3. The molecule has 21 heteroatoms. The number of carboxylic acids is 1. The van der Waals surface area contributed by atoms with Crippen molar-refractivity contribution < 1.29 is 55.5 Å². The third kappa shape index (κ3) is 6.45. The van der Waals surface area contributed by atoms with E-state index in [0.717, 1.165) is 38.9 Å². The number of carboxylic acid groups (broad SMARTS) is 1. The van der Waals surface area contributed by atoms with Gasteiger partial charge in [-0.15, -0.1) is 23.1 Å². The molecule has 5 rings (SSSR count). The zero-order valence-electron chi connectivity index (χ0n) is 23.7. The number of alkyl halides is 3. The number of rotatable bonds is 8. The van der Waals surface area contributed by atoms with Gasteiger partial charge in [0.1, 0.15) is 22.8 Å². The van der Waals surface area contributed by atoms with Gasteiger partial charge in [-0.05, 0) is 37.1 Å². The molecule has 0 aliphatic carbocycles. The number of nitrogens with two attached hydrogens (primary N) is 1. The van der Waals surface area contributed by atoms with Gasteiger partial charge in [-0.3, -0.25) is 19.3 Å². The molecule has 248 valence electrons. The number of aryl methyl sites for hydroxylation is 1. The molecule has 1 aromatic heterocycles. The largest absolute Gasteiger partial charge is 0.493 e. The lowest BCUT2D eigenvalue weighted by Crippen LogP contribution is -2.71. The summed E-state index contributed by atoms with van der Waals surface area (Å²) in [5.74, 6) is -7.41. The van der Waals surface area contributed by atoms with Crippen molar-refractivity contribution in [3.05, 3.63) is 63.8 Å². The Labute approximate surface area is 271 Å². The minimum atomic E-state index is -5.43. The molecule has 0 unspecified atom stereocenters. The normalized spacial score (nSPS) is 21.1. The van der Waals surface area contributed by atoms with Crippen molar-refractivity contribution in [1.82, 2.24) is 19.5 Å². The Kier molecular flexibility index (Phi) is 8.90. The Morgan fingerprint density at radius 2 is 1.89 bits per heavy atom. The van der Waals surface area contributed by atoms with Crippen LogP contribution >= 0.6 is 23.1 Å². The van der Waals surface area contributed by atoms with Crippen molar-refractivity contribution in [2.75, 3.05) is 18.0 Å². The highest BCUT2D eigenvalue weighted by atomic mass is 32.2. The van der Waals surface area contributed by atoms with Crippen LogP contribution in [0.1, 0.15) is 17.7 Å². The molecule has 3 aliphatic heterocycles. The summed E-state index contributed by atoms with van der Waals surface area (Å²) in [6, 6.07) is 4.50. The number of nitrogens with zero attached hydrogens (tertiary/aromatic N) is 4. The predicted molar refractivity (Wildman–Crippen MR) is 158 cm³/mol. The number of aromatic nitrogens is 1. The number of hydrogen-bond acceptors (Lipinski definition) is 13. The second kappa shape index (κ2) is 12.4. The number of benzene rings is 1. The fraction of sp³-hybridized carbons (Fsp3) is 0.269. The number of allylic oxidation sites excluding steroid dienone is 1. The number of oxime groups is 1. The number of nitrogen functional groups attached to an aromatic ring is 1. The smallest absolute Gasteiger partial charge is 0.477 e. The van der Waals surface area contributed by atoms with E-state index in [2.05, 4.69) is 20.3 Å². The molecule has 15 nitrogen and oxygen atoms in total. The molecule has 0 radical (unpaired) electrons. The number of aliphatic carboxylic acids is 1. The number of thioether (sulfide) groups is 1. The van der Waals surface area contributed by atoms with E-state index in [1.165, 1.54) is 18.2 Å². The standard InChI is InChI=1S/C26H21F3N6O9S3/c1-11-2-4-14(5-3-11)47(42,43)34-7-6-12(20(34)37)8-13-9-45-22-17(21(38)35(22)18(13)23(39)40)32-19(36)16(15-10-46-25(30)31-15)33-44-24(41)26(27,28)29/h2-5,8,10,17,22H,6-7,9H2,1H3,(H2,30,31)(H,32,36)(H,39,40)/b12-8+,33-16-/t17-,22-/m1/s1. The van der Waals surface area contributed by atoms with Gasteiger partial charge in [0.25, 0.3) is 27.7 Å². The number of amides is 3. The van der Waals surface area contributed by atoms with Crippen LogP contribution in [0.5, 0.6) is 0 Å². The Morgan fingerprint density at radius 1 is 1.21 bits per heavy atom. The second-order valence-electron chi connectivity index (χ2n) is 10.0. The summed E-state index contributed by atoms with van der Waals surface area (Å²) in [7, 11) is -4.19. The number of carbonyl (C=O) groups excluding carboxylic acids is 4. The maximum absolute atomic E-state index is 13.1. The van der Waals surface area contributed by atoms with Crippen LogP contribution in [-0.2, 0) is 38.8 Å². The van der Waals surface area contributed by atoms with Gasteiger partial charge in [0, 0.05) is 23.3 Å². The summed E-state index contributed by atoms with van der Waals surface area (Å²) in [5.41, 5.74) is 4.59. The lowest BCUT2D eigenvalue weighted by molar-refractivity contribution is -0.199. The molecule has 47 heavy (non-hydrogen) atoms. The molecule has 2 saturated heterocycles. The fourth-order valence-corrected chi connectivity index (χ4v) is 7.96. The highest BCUT2D eigenvalue weighted by molar-refractivity contribution is 8.00. The number of nitrogens with one attached hydrogen (secondary N) is 1. The summed E-state index contributed by atoms with van der Waals surface area (Å²) in [6.45, 7) is 1.58. The van der Waals surface area contributed by atoms with E-state index < -0.39 is 68.7 Å². The number of fused-ring (bicyclic) bond motifs is 1. The number of thiazole rings is 1.